The van der Waals surface area contributed by atoms with Gasteiger partial charge in [0.2, 0.25) is 0 Å². The summed E-state index contributed by atoms with van der Waals surface area (Å²) in [7, 11) is 0. The second-order valence-corrected chi connectivity index (χ2v) is 5.96. The van der Waals surface area contributed by atoms with Crippen LogP contribution in [0.3, 0.4) is 0 Å². The molecule has 0 amide bonds. The molecule has 0 atom stereocenters. The van der Waals surface area contributed by atoms with E-state index in [-0.39, 0.29) is 0 Å². The third-order valence-corrected chi connectivity index (χ3v) is 2.28. The van der Waals surface area contributed by atoms with Crippen molar-refractivity contribution in [3.05, 3.63) is 35.4 Å². The molecule has 0 radical (unpaired) electrons. The zero-order valence-corrected chi connectivity index (χ0v) is 9.52. The largest absolute Gasteiger partial charge is 0.0761 e. The van der Waals surface area contributed by atoms with Crippen molar-refractivity contribution in [2.24, 2.45) is 0 Å². The molecule has 0 aliphatic heterocycles. The SMILES string of the molecule is Cc1ccccc1CC(Br)Br. The van der Waals surface area contributed by atoms with Crippen LogP contribution in [0.1, 0.15) is 11.1 Å². The highest BCUT2D eigenvalue weighted by molar-refractivity contribution is 9.24. The lowest BCUT2D eigenvalue weighted by molar-refractivity contribution is 1.10. The van der Waals surface area contributed by atoms with Gasteiger partial charge in [0.05, 0.1) is 3.74 Å². The summed E-state index contributed by atoms with van der Waals surface area (Å²) >= 11 is 6.92. The summed E-state index contributed by atoms with van der Waals surface area (Å²) in [6.45, 7) is 2.14. The van der Waals surface area contributed by atoms with Crippen molar-refractivity contribution in [3.63, 3.8) is 0 Å². The topological polar surface area (TPSA) is 0 Å². The molecule has 0 unspecified atom stereocenters. The fraction of sp³-hybridized carbons (Fsp3) is 0.333. The second-order valence-electron chi connectivity index (χ2n) is 2.52. The lowest BCUT2D eigenvalue weighted by Gasteiger charge is -2.04. The Bertz CT molecular complexity index is 231. The molecule has 2 heteroatoms. The van der Waals surface area contributed by atoms with Gasteiger partial charge >= 0.3 is 0 Å². The molecule has 0 fully saturated rings. The maximum absolute atomic E-state index is 3.46. The van der Waals surface area contributed by atoms with Gasteiger partial charge in [0, 0.05) is 0 Å². The maximum Gasteiger partial charge on any atom is 0.0738 e. The van der Waals surface area contributed by atoms with Gasteiger partial charge in [0.25, 0.3) is 0 Å². The lowest BCUT2D eigenvalue weighted by Crippen LogP contribution is -1.94. The van der Waals surface area contributed by atoms with Gasteiger partial charge in [-0.25, -0.2) is 0 Å². The predicted octanol–water partition coefficient (Wildman–Crippen LogP) is 3.65. The third-order valence-electron chi connectivity index (χ3n) is 1.64. The Hall–Kier alpha value is 0.180. The number of rotatable bonds is 2. The Balaban J connectivity index is 2.78. The average molecular weight is 278 g/mol. The molecule has 0 heterocycles. The second kappa shape index (κ2) is 4.27. The molecule has 0 saturated carbocycles. The first-order valence-electron chi connectivity index (χ1n) is 3.53. The fourth-order valence-electron chi connectivity index (χ4n) is 1.01. The number of halogens is 2. The molecule has 0 bridgehead atoms. The summed E-state index contributed by atoms with van der Waals surface area (Å²) < 4.78 is 0.385. The van der Waals surface area contributed by atoms with Crippen molar-refractivity contribution in [2.75, 3.05) is 0 Å². The van der Waals surface area contributed by atoms with E-state index in [1.165, 1.54) is 11.1 Å². The average Bonchev–Trinajstić information content (AvgIpc) is 1.93. The third kappa shape index (κ3) is 2.96. The van der Waals surface area contributed by atoms with Crippen LogP contribution in [0.5, 0.6) is 0 Å². The zero-order valence-electron chi connectivity index (χ0n) is 6.35. The first-order chi connectivity index (χ1) is 5.20. The minimum Gasteiger partial charge on any atom is -0.0761 e. The standard InChI is InChI=1S/C9H10Br2/c1-7-4-2-3-5-8(7)6-9(10)11/h2-5,9H,6H2,1H3. The van der Waals surface area contributed by atoms with Crippen molar-refractivity contribution < 1.29 is 0 Å². The highest BCUT2D eigenvalue weighted by Crippen LogP contribution is 2.17. The predicted molar refractivity (Wildman–Crippen MR) is 56.5 cm³/mol. The molecular formula is C9H10Br2. The van der Waals surface area contributed by atoms with E-state index in [1.54, 1.807) is 0 Å². The Morgan fingerprint density at radius 3 is 2.45 bits per heavy atom. The summed E-state index contributed by atoms with van der Waals surface area (Å²) in [5, 5.41) is 0. The van der Waals surface area contributed by atoms with Gasteiger partial charge in [-0.3, -0.25) is 0 Å². The number of benzene rings is 1. The van der Waals surface area contributed by atoms with Crippen molar-refractivity contribution in [3.8, 4) is 0 Å². The van der Waals surface area contributed by atoms with E-state index in [0.717, 1.165) is 6.42 Å². The highest BCUT2D eigenvalue weighted by atomic mass is 79.9. The Morgan fingerprint density at radius 2 is 1.91 bits per heavy atom. The van der Waals surface area contributed by atoms with E-state index in [2.05, 4.69) is 63.0 Å². The molecule has 0 aromatic heterocycles. The highest BCUT2D eigenvalue weighted by Gasteiger charge is 2.01. The maximum atomic E-state index is 3.46. The van der Waals surface area contributed by atoms with Crippen molar-refractivity contribution >= 4 is 31.9 Å². The van der Waals surface area contributed by atoms with E-state index < -0.39 is 0 Å². The Morgan fingerprint density at radius 1 is 1.27 bits per heavy atom. The monoisotopic (exact) mass is 276 g/mol. The van der Waals surface area contributed by atoms with Gasteiger partial charge in [-0.05, 0) is 24.5 Å². The van der Waals surface area contributed by atoms with Crippen molar-refractivity contribution in [2.45, 2.75) is 17.1 Å². The van der Waals surface area contributed by atoms with Crippen LogP contribution in [0, 0.1) is 6.92 Å². The van der Waals surface area contributed by atoms with Gasteiger partial charge in [-0.2, -0.15) is 0 Å². The molecular weight excluding hydrogens is 268 g/mol. The van der Waals surface area contributed by atoms with Gasteiger partial charge in [0.15, 0.2) is 0 Å². The van der Waals surface area contributed by atoms with E-state index in [0.29, 0.717) is 3.74 Å². The minimum atomic E-state index is 0.385. The van der Waals surface area contributed by atoms with Gasteiger partial charge < -0.3 is 0 Å². The molecule has 11 heavy (non-hydrogen) atoms. The van der Waals surface area contributed by atoms with E-state index in [9.17, 15) is 0 Å². The summed E-state index contributed by atoms with van der Waals surface area (Å²) in [6, 6.07) is 8.43. The van der Waals surface area contributed by atoms with Gasteiger partial charge in [-0.15, -0.1) is 0 Å². The zero-order chi connectivity index (χ0) is 8.27. The van der Waals surface area contributed by atoms with Gasteiger partial charge in [0.1, 0.15) is 0 Å². The number of hydrogen-bond acceptors (Lipinski definition) is 0. The van der Waals surface area contributed by atoms with E-state index in [1.807, 2.05) is 0 Å². The van der Waals surface area contributed by atoms with Crippen LogP contribution in [0.2, 0.25) is 0 Å². The molecule has 0 nitrogen and oxygen atoms in total. The number of alkyl halides is 2. The Labute approximate surface area is 84.3 Å². The molecule has 0 aliphatic carbocycles. The minimum absolute atomic E-state index is 0.385. The summed E-state index contributed by atoms with van der Waals surface area (Å²) in [5.41, 5.74) is 2.75. The van der Waals surface area contributed by atoms with Crippen molar-refractivity contribution in [1.82, 2.24) is 0 Å². The van der Waals surface area contributed by atoms with Crippen LogP contribution in [-0.2, 0) is 6.42 Å². The smallest absolute Gasteiger partial charge is 0.0738 e. The number of aryl methyl sites for hydroxylation is 1. The van der Waals surface area contributed by atoms with Crippen molar-refractivity contribution in [1.29, 1.82) is 0 Å². The van der Waals surface area contributed by atoms with Crippen LogP contribution < -0.4 is 0 Å². The molecule has 1 aromatic carbocycles. The number of hydrogen-bond donors (Lipinski definition) is 0. The molecule has 0 aliphatic rings. The summed E-state index contributed by atoms with van der Waals surface area (Å²) in [6.07, 6.45) is 1.03. The summed E-state index contributed by atoms with van der Waals surface area (Å²) in [5.74, 6) is 0. The molecule has 0 saturated heterocycles. The van der Waals surface area contributed by atoms with E-state index in [4.69, 9.17) is 0 Å². The van der Waals surface area contributed by atoms with Crippen LogP contribution in [0.15, 0.2) is 24.3 Å². The van der Waals surface area contributed by atoms with Crippen LogP contribution in [0.25, 0.3) is 0 Å². The first kappa shape index (κ1) is 9.27. The van der Waals surface area contributed by atoms with Gasteiger partial charge in [-0.1, -0.05) is 56.1 Å². The molecule has 1 aromatic rings. The fourth-order valence-corrected chi connectivity index (χ4v) is 1.70. The normalized spacial score (nSPS) is 10.5. The van der Waals surface area contributed by atoms with Crippen LogP contribution >= 0.6 is 31.9 Å². The van der Waals surface area contributed by atoms with E-state index >= 15 is 0 Å². The molecule has 0 N–H and O–H groups in total. The van der Waals surface area contributed by atoms with Crippen LogP contribution in [0.4, 0.5) is 0 Å². The quantitative estimate of drug-likeness (QED) is 0.724. The molecule has 1 rings (SSSR count). The summed E-state index contributed by atoms with van der Waals surface area (Å²) in [4.78, 5) is 0. The molecule has 0 spiro atoms. The lowest BCUT2D eigenvalue weighted by atomic mass is 10.1. The first-order valence-corrected chi connectivity index (χ1v) is 5.36. The van der Waals surface area contributed by atoms with Crippen LogP contribution in [-0.4, -0.2) is 3.74 Å². The Kier molecular flexibility index (Phi) is 3.60. The molecule has 60 valence electrons.